The molecule has 2 rings (SSSR count). The number of carbonyl (C=O) groups is 1. The molecule has 0 heterocycles. The summed E-state index contributed by atoms with van der Waals surface area (Å²) in [7, 11) is 1.76. The quantitative estimate of drug-likeness (QED) is 0.198. The van der Waals surface area contributed by atoms with Crippen LogP contribution in [0, 0.1) is 5.41 Å². The molecule has 1 aliphatic carbocycles. The molecular formula is C20H33IN4O3. The Hall–Kier alpha value is -1.55. The molecule has 2 unspecified atom stereocenters. The number of nitrogens with one attached hydrogen (secondary N) is 3. The Morgan fingerprint density at radius 3 is 2.43 bits per heavy atom. The first-order chi connectivity index (χ1) is 12.7. The van der Waals surface area contributed by atoms with Crippen LogP contribution < -0.4 is 16.0 Å². The van der Waals surface area contributed by atoms with Gasteiger partial charge in [-0.25, -0.2) is 0 Å². The Balaban J connectivity index is 0.00000392. The van der Waals surface area contributed by atoms with Gasteiger partial charge in [0.15, 0.2) is 5.96 Å². The highest BCUT2D eigenvalue weighted by Crippen LogP contribution is 2.51. The van der Waals surface area contributed by atoms with Crippen molar-refractivity contribution in [1.82, 2.24) is 16.0 Å². The summed E-state index contributed by atoms with van der Waals surface area (Å²) < 4.78 is 5.67. The van der Waals surface area contributed by atoms with Gasteiger partial charge in [-0.2, -0.15) is 0 Å². The van der Waals surface area contributed by atoms with Crippen molar-refractivity contribution in [3.8, 4) is 5.75 Å². The first kappa shape index (κ1) is 24.5. The van der Waals surface area contributed by atoms with Crippen molar-refractivity contribution in [2.45, 2.75) is 45.8 Å². The lowest BCUT2D eigenvalue weighted by Gasteiger charge is -2.59. The number of halogens is 1. The molecule has 1 aromatic rings. The molecule has 1 amide bonds. The molecule has 28 heavy (non-hydrogen) atoms. The predicted octanol–water partition coefficient (Wildman–Crippen LogP) is 2.50. The lowest BCUT2D eigenvalue weighted by molar-refractivity contribution is -0.176. The molecule has 0 aromatic heterocycles. The molecule has 0 aliphatic heterocycles. The molecule has 1 aromatic carbocycles. The second-order valence-corrected chi connectivity index (χ2v) is 7.62. The number of methoxy groups -OCH3 is 1. The van der Waals surface area contributed by atoms with Gasteiger partial charge in [0.05, 0.1) is 12.1 Å². The van der Waals surface area contributed by atoms with E-state index in [2.05, 4.69) is 41.7 Å². The van der Waals surface area contributed by atoms with E-state index in [1.807, 2.05) is 6.92 Å². The maximum atomic E-state index is 12.1. The monoisotopic (exact) mass is 504 g/mol. The number of guanidine groups is 1. The highest BCUT2D eigenvalue weighted by Gasteiger charge is 2.58. The number of hydrogen-bond donors (Lipinski definition) is 4. The number of amides is 1. The number of carbonyl (C=O) groups excluding carboxylic acids is 1. The van der Waals surface area contributed by atoms with Crippen LogP contribution in [0.15, 0.2) is 29.3 Å². The van der Waals surface area contributed by atoms with E-state index in [1.165, 1.54) is 12.1 Å². The number of ether oxygens (including phenoxy) is 1. The van der Waals surface area contributed by atoms with E-state index in [-0.39, 0.29) is 52.7 Å². The SMILES string of the molecule is CCNC(=NCCNC(=O)c1ccc(O)cc1)NC1CC(C)(OC)C1(C)C.I. The van der Waals surface area contributed by atoms with Crippen LogP contribution in [-0.2, 0) is 4.74 Å². The minimum atomic E-state index is -0.181. The van der Waals surface area contributed by atoms with Crippen molar-refractivity contribution in [2.75, 3.05) is 26.7 Å². The van der Waals surface area contributed by atoms with Gasteiger partial charge in [-0.05, 0) is 44.5 Å². The summed E-state index contributed by atoms with van der Waals surface area (Å²) in [5.41, 5.74) is 0.363. The van der Waals surface area contributed by atoms with Gasteiger partial charge in [0.1, 0.15) is 5.75 Å². The maximum absolute atomic E-state index is 12.1. The second kappa shape index (κ2) is 10.3. The molecule has 0 spiro atoms. The standard InChI is InChI=1S/C20H32N4O3.HI/c1-6-21-18(24-16-13-20(4,27-5)19(16,2)3)23-12-11-22-17(26)14-7-9-15(25)10-8-14;/h7-10,16,25H,6,11-13H2,1-5H3,(H,22,26)(H2,21,23,24);1H. The Morgan fingerprint density at radius 1 is 1.25 bits per heavy atom. The number of hydrogen-bond acceptors (Lipinski definition) is 4. The summed E-state index contributed by atoms with van der Waals surface area (Å²) >= 11 is 0. The Bertz CT molecular complexity index is 679. The van der Waals surface area contributed by atoms with Gasteiger partial charge in [-0.15, -0.1) is 24.0 Å². The van der Waals surface area contributed by atoms with Crippen LogP contribution in [-0.4, -0.2) is 55.4 Å². The smallest absolute Gasteiger partial charge is 0.251 e. The Kier molecular flexibility index (Phi) is 9.00. The number of aliphatic imine (C=N–C) groups is 1. The van der Waals surface area contributed by atoms with Crippen molar-refractivity contribution in [1.29, 1.82) is 0 Å². The van der Waals surface area contributed by atoms with E-state index >= 15 is 0 Å². The first-order valence-corrected chi connectivity index (χ1v) is 9.40. The van der Waals surface area contributed by atoms with Gasteiger partial charge in [0.25, 0.3) is 5.91 Å². The van der Waals surface area contributed by atoms with Crippen LogP contribution in [0.2, 0.25) is 0 Å². The van der Waals surface area contributed by atoms with E-state index in [0.717, 1.165) is 18.9 Å². The zero-order valence-corrected chi connectivity index (χ0v) is 19.7. The number of nitrogens with zero attached hydrogens (tertiary/aromatic N) is 1. The number of phenols is 1. The lowest BCUT2D eigenvalue weighted by atomic mass is 9.56. The van der Waals surface area contributed by atoms with Crippen LogP contribution in [0.3, 0.4) is 0 Å². The minimum Gasteiger partial charge on any atom is -0.508 e. The molecule has 1 saturated carbocycles. The number of phenolic OH excluding ortho intramolecular Hbond substituents is 1. The van der Waals surface area contributed by atoms with Crippen molar-refractivity contribution >= 4 is 35.8 Å². The van der Waals surface area contributed by atoms with E-state index in [0.29, 0.717) is 18.7 Å². The summed E-state index contributed by atoms with van der Waals surface area (Å²) in [6.07, 6.45) is 0.915. The minimum absolute atomic E-state index is 0. The van der Waals surface area contributed by atoms with Crippen LogP contribution in [0.25, 0.3) is 0 Å². The Morgan fingerprint density at radius 2 is 1.89 bits per heavy atom. The van der Waals surface area contributed by atoms with Gasteiger partial charge in [0.2, 0.25) is 0 Å². The first-order valence-electron chi connectivity index (χ1n) is 9.40. The predicted molar refractivity (Wildman–Crippen MR) is 123 cm³/mol. The molecule has 7 nitrogen and oxygen atoms in total. The Labute approximate surface area is 184 Å². The number of benzene rings is 1. The van der Waals surface area contributed by atoms with Crippen LogP contribution in [0.4, 0.5) is 0 Å². The van der Waals surface area contributed by atoms with Crippen LogP contribution in [0.1, 0.15) is 44.5 Å². The normalized spacial score (nSPS) is 23.2. The number of aromatic hydroxyl groups is 1. The molecule has 4 N–H and O–H groups in total. The molecule has 158 valence electrons. The third-order valence-corrected chi connectivity index (χ3v) is 5.73. The zero-order valence-electron chi connectivity index (χ0n) is 17.3. The summed E-state index contributed by atoms with van der Waals surface area (Å²) in [6, 6.07) is 6.44. The van der Waals surface area contributed by atoms with Crippen molar-refractivity contribution in [2.24, 2.45) is 10.4 Å². The molecule has 0 saturated heterocycles. The van der Waals surface area contributed by atoms with Crippen molar-refractivity contribution < 1.29 is 14.6 Å². The topological polar surface area (TPSA) is 95.0 Å². The zero-order chi connectivity index (χ0) is 20.1. The molecular weight excluding hydrogens is 471 g/mol. The van der Waals surface area contributed by atoms with E-state index in [4.69, 9.17) is 4.74 Å². The molecule has 0 radical (unpaired) electrons. The lowest BCUT2D eigenvalue weighted by Crippen LogP contribution is -2.69. The van der Waals surface area contributed by atoms with Crippen LogP contribution >= 0.6 is 24.0 Å². The summed E-state index contributed by atoms with van der Waals surface area (Å²) in [6.45, 7) is 10.2. The summed E-state index contributed by atoms with van der Waals surface area (Å²) in [5.74, 6) is 0.702. The molecule has 1 aliphatic rings. The van der Waals surface area contributed by atoms with Gasteiger partial charge in [-0.3, -0.25) is 9.79 Å². The summed E-state index contributed by atoms with van der Waals surface area (Å²) in [4.78, 5) is 16.6. The van der Waals surface area contributed by atoms with E-state index in [9.17, 15) is 9.90 Å². The van der Waals surface area contributed by atoms with Crippen molar-refractivity contribution in [3.63, 3.8) is 0 Å². The second-order valence-electron chi connectivity index (χ2n) is 7.62. The number of rotatable bonds is 7. The van der Waals surface area contributed by atoms with Gasteiger partial charge in [0, 0.05) is 37.2 Å². The van der Waals surface area contributed by atoms with E-state index in [1.54, 1.807) is 19.2 Å². The van der Waals surface area contributed by atoms with E-state index < -0.39 is 0 Å². The largest absolute Gasteiger partial charge is 0.508 e. The highest BCUT2D eigenvalue weighted by molar-refractivity contribution is 14.0. The average Bonchev–Trinajstić information content (AvgIpc) is 2.64. The third kappa shape index (κ3) is 5.50. The summed E-state index contributed by atoms with van der Waals surface area (Å²) in [5, 5.41) is 18.8. The van der Waals surface area contributed by atoms with Crippen molar-refractivity contribution in [3.05, 3.63) is 29.8 Å². The molecule has 2 atom stereocenters. The fraction of sp³-hybridized carbons (Fsp3) is 0.600. The van der Waals surface area contributed by atoms with Gasteiger partial charge in [-0.1, -0.05) is 13.8 Å². The fourth-order valence-electron chi connectivity index (χ4n) is 3.26. The average molecular weight is 504 g/mol. The molecule has 0 bridgehead atoms. The van der Waals surface area contributed by atoms with Gasteiger partial charge < -0.3 is 25.8 Å². The van der Waals surface area contributed by atoms with Gasteiger partial charge >= 0.3 is 0 Å². The molecule has 1 fully saturated rings. The third-order valence-electron chi connectivity index (χ3n) is 5.73. The molecule has 8 heteroatoms. The highest BCUT2D eigenvalue weighted by atomic mass is 127. The maximum Gasteiger partial charge on any atom is 0.251 e. The van der Waals surface area contributed by atoms with Crippen LogP contribution in [0.5, 0.6) is 5.75 Å². The fourth-order valence-corrected chi connectivity index (χ4v) is 3.26.